The van der Waals surface area contributed by atoms with Gasteiger partial charge in [-0.2, -0.15) is 0 Å². The van der Waals surface area contributed by atoms with Gasteiger partial charge in [-0.3, -0.25) is 9.59 Å². The van der Waals surface area contributed by atoms with Gasteiger partial charge in [-0.1, -0.05) is 17.7 Å². The van der Waals surface area contributed by atoms with Crippen molar-refractivity contribution in [3.8, 4) is 11.5 Å². The molecule has 0 aliphatic heterocycles. The molecule has 0 aliphatic carbocycles. The fourth-order valence-electron chi connectivity index (χ4n) is 2.71. The van der Waals surface area contributed by atoms with Crippen molar-refractivity contribution in [3.05, 3.63) is 82.9 Å². The number of halogens is 1. The molecule has 30 heavy (non-hydrogen) atoms. The highest BCUT2D eigenvalue weighted by Gasteiger charge is 2.12. The lowest BCUT2D eigenvalue weighted by Crippen LogP contribution is -2.12. The summed E-state index contributed by atoms with van der Waals surface area (Å²) in [4.78, 5) is 25.8. The fourth-order valence-corrected chi connectivity index (χ4v) is 3.69. The lowest BCUT2D eigenvalue weighted by atomic mass is 10.1. The molecule has 7 heteroatoms. The Bertz CT molecular complexity index is 1050. The van der Waals surface area contributed by atoms with Crippen LogP contribution in [0.15, 0.2) is 71.6 Å². The molecule has 0 saturated carbocycles. The number of hydrogen-bond acceptors (Lipinski definition) is 5. The molecular formula is C23H20ClNO4S. The van der Waals surface area contributed by atoms with Gasteiger partial charge in [0.2, 0.25) is 0 Å². The SMILES string of the molecule is COc1ccc(C(=O)Nc2cccc(SCC(=O)c3ccc(Cl)cc3)c2)cc1OC. The van der Waals surface area contributed by atoms with Gasteiger partial charge in [0.25, 0.3) is 5.91 Å². The van der Waals surface area contributed by atoms with Crippen LogP contribution in [-0.4, -0.2) is 31.7 Å². The second-order valence-corrected chi connectivity index (χ2v) is 7.76. The van der Waals surface area contributed by atoms with E-state index in [2.05, 4.69) is 5.32 Å². The van der Waals surface area contributed by atoms with Gasteiger partial charge in [-0.05, 0) is 60.7 Å². The van der Waals surface area contributed by atoms with Crippen molar-refractivity contribution < 1.29 is 19.1 Å². The number of Topliss-reactive ketones (excluding diaryl/α,β-unsaturated/α-hetero) is 1. The molecule has 0 bridgehead atoms. The summed E-state index contributed by atoms with van der Waals surface area (Å²) >= 11 is 7.27. The molecule has 0 heterocycles. The maximum Gasteiger partial charge on any atom is 0.255 e. The van der Waals surface area contributed by atoms with Crippen molar-refractivity contribution in [1.29, 1.82) is 0 Å². The van der Waals surface area contributed by atoms with Gasteiger partial charge in [0.15, 0.2) is 17.3 Å². The van der Waals surface area contributed by atoms with Gasteiger partial charge in [0.05, 0.1) is 20.0 Å². The van der Waals surface area contributed by atoms with Gasteiger partial charge >= 0.3 is 0 Å². The third-order valence-corrected chi connectivity index (χ3v) is 5.52. The molecule has 5 nitrogen and oxygen atoms in total. The van der Waals surface area contributed by atoms with Crippen molar-refractivity contribution in [3.63, 3.8) is 0 Å². The molecule has 3 aromatic carbocycles. The summed E-state index contributed by atoms with van der Waals surface area (Å²) in [6, 6.07) is 19.1. The van der Waals surface area contributed by atoms with Crippen molar-refractivity contribution in [2.45, 2.75) is 4.90 Å². The molecule has 0 spiro atoms. The summed E-state index contributed by atoms with van der Waals surface area (Å²) in [6.07, 6.45) is 0. The molecule has 0 aliphatic rings. The number of carbonyl (C=O) groups is 2. The summed E-state index contributed by atoms with van der Waals surface area (Å²) in [6.45, 7) is 0. The first-order valence-electron chi connectivity index (χ1n) is 9.05. The topological polar surface area (TPSA) is 64.6 Å². The number of ether oxygens (including phenoxy) is 2. The van der Waals surface area contributed by atoms with E-state index < -0.39 is 0 Å². The van der Waals surface area contributed by atoms with E-state index >= 15 is 0 Å². The smallest absolute Gasteiger partial charge is 0.255 e. The van der Waals surface area contributed by atoms with Crippen LogP contribution in [0.25, 0.3) is 0 Å². The Morgan fingerprint density at radius 3 is 2.30 bits per heavy atom. The lowest BCUT2D eigenvalue weighted by Gasteiger charge is -2.10. The molecule has 0 atom stereocenters. The Kier molecular flexibility index (Phi) is 7.38. The second kappa shape index (κ2) is 10.2. The predicted octanol–water partition coefficient (Wildman–Crippen LogP) is 5.58. The molecule has 1 amide bonds. The van der Waals surface area contributed by atoms with E-state index in [9.17, 15) is 9.59 Å². The number of rotatable bonds is 8. The van der Waals surface area contributed by atoms with E-state index in [1.54, 1.807) is 55.6 Å². The minimum Gasteiger partial charge on any atom is -0.493 e. The monoisotopic (exact) mass is 441 g/mol. The van der Waals surface area contributed by atoms with Crippen LogP contribution in [0.1, 0.15) is 20.7 Å². The largest absolute Gasteiger partial charge is 0.493 e. The van der Waals surface area contributed by atoms with Gasteiger partial charge in [0, 0.05) is 26.7 Å². The van der Waals surface area contributed by atoms with E-state index in [1.165, 1.54) is 18.9 Å². The van der Waals surface area contributed by atoms with E-state index in [1.807, 2.05) is 18.2 Å². The number of thioether (sulfide) groups is 1. The maximum atomic E-state index is 12.6. The summed E-state index contributed by atoms with van der Waals surface area (Å²) in [5, 5.41) is 3.46. The minimum absolute atomic E-state index is 0.0106. The summed E-state index contributed by atoms with van der Waals surface area (Å²) in [5.74, 6) is 1.06. The molecular weight excluding hydrogens is 422 g/mol. The molecule has 0 saturated heterocycles. The number of benzene rings is 3. The Labute approximate surface area is 184 Å². The van der Waals surface area contributed by atoms with Gasteiger partial charge in [-0.25, -0.2) is 0 Å². The number of methoxy groups -OCH3 is 2. The van der Waals surface area contributed by atoms with Crippen LogP contribution in [0.4, 0.5) is 5.69 Å². The first kappa shape index (κ1) is 21.7. The lowest BCUT2D eigenvalue weighted by molar-refractivity contribution is 0.101. The van der Waals surface area contributed by atoms with Crippen LogP contribution in [0.2, 0.25) is 5.02 Å². The number of amides is 1. The number of nitrogens with one attached hydrogen (secondary N) is 1. The molecule has 0 fully saturated rings. The molecule has 3 rings (SSSR count). The minimum atomic E-state index is -0.268. The van der Waals surface area contributed by atoms with E-state index in [-0.39, 0.29) is 17.4 Å². The second-order valence-electron chi connectivity index (χ2n) is 6.27. The van der Waals surface area contributed by atoms with Crippen LogP contribution in [0.3, 0.4) is 0 Å². The zero-order valence-electron chi connectivity index (χ0n) is 16.5. The third-order valence-electron chi connectivity index (χ3n) is 4.27. The molecule has 1 N–H and O–H groups in total. The van der Waals surface area contributed by atoms with Crippen molar-refractivity contribution >= 4 is 40.7 Å². The maximum absolute atomic E-state index is 12.6. The normalized spacial score (nSPS) is 10.4. The Morgan fingerprint density at radius 2 is 1.60 bits per heavy atom. The molecule has 0 unspecified atom stereocenters. The van der Waals surface area contributed by atoms with Crippen molar-refractivity contribution in [1.82, 2.24) is 0 Å². The summed E-state index contributed by atoms with van der Waals surface area (Å²) in [5.41, 5.74) is 1.70. The first-order chi connectivity index (χ1) is 14.5. The van der Waals surface area contributed by atoms with Crippen molar-refractivity contribution in [2.75, 3.05) is 25.3 Å². The highest BCUT2D eigenvalue weighted by molar-refractivity contribution is 8.00. The van der Waals surface area contributed by atoms with Gasteiger partial charge in [-0.15, -0.1) is 11.8 Å². The number of carbonyl (C=O) groups excluding carboxylic acids is 2. The zero-order chi connectivity index (χ0) is 21.5. The number of hydrogen-bond donors (Lipinski definition) is 1. The van der Waals surface area contributed by atoms with E-state index in [0.29, 0.717) is 33.3 Å². The van der Waals surface area contributed by atoms with Crippen molar-refractivity contribution in [2.24, 2.45) is 0 Å². The summed E-state index contributed by atoms with van der Waals surface area (Å²) < 4.78 is 10.4. The zero-order valence-corrected chi connectivity index (χ0v) is 18.0. The van der Waals surface area contributed by atoms with E-state index in [0.717, 1.165) is 4.90 Å². The highest BCUT2D eigenvalue weighted by atomic mass is 35.5. The fraction of sp³-hybridized carbons (Fsp3) is 0.130. The highest BCUT2D eigenvalue weighted by Crippen LogP contribution is 2.28. The molecule has 154 valence electrons. The van der Waals surface area contributed by atoms with Gasteiger partial charge < -0.3 is 14.8 Å². The average Bonchev–Trinajstić information content (AvgIpc) is 2.77. The van der Waals surface area contributed by atoms with Gasteiger partial charge in [0.1, 0.15) is 0 Å². The van der Waals surface area contributed by atoms with Crippen LogP contribution in [0.5, 0.6) is 11.5 Å². The van der Waals surface area contributed by atoms with Crippen LogP contribution < -0.4 is 14.8 Å². The Morgan fingerprint density at radius 1 is 0.900 bits per heavy atom. The quantitative estimate of drug-likeness (QED) is 0.365. The van der Waals surface area contributed by atoms with Crippen LogP contribution in [-0.2, 0) is 0 Å². The Hall–Kier alpha value is -2.96. The molecule has 3 aromatic rings. The molecule has 0 aromatic heterocycles. The average molecular weight is 442 g/mol. The standard InChI is InChI=1S/C23H20ClNO4S/c1-28-21-11-8-16(12-22(21)29-2)23(27)25-18-4-3-5-19(13-18)30-14-20(26)15-6-9-17(24)10-7-15/h3-13H,14H2,1-2H3,(H,25,27). The Balaban J connectivity index is 1.64. The van der Waals surface area contributed by atoms with E-state index in [4.69, 9.17) is 21.1 Å². The number of anilines is 1. The third kappa shape index (κ3) is 5.55. The summed E-state index contributed by atoms with van der Waals surface area (Å²) in [7, 11) is 3.06. The number of ketones is 1. The van der Waals surface area contributed by atoms with Crippen LogP contribution in [0, 0.1) is 0 Å². The first-order valence-corrected chi connectivity index (χ1v) is 10.4. The van der Waals surface area contributed by atoms with Crippen LogP contribution >= 0.6 is 23.4 Å². The molecule has 0 radical (unpaired) electrons. The predicted molar refractivity (Wildman–Crippen MR) is 120 cm³/mol.